The fourth-order valence-corrected chi connectivity index (χ4v) is 6.95. The third kappa shape index (κ3) is 5.75. The van der Waals surface area contributed by atoms with E-state index in [2.05, 4.69) is 47.0 Å². The normalized spacial score (nSPS) is 22.9. The van der Waals surface area contributed by atoms with Gasteiger partial charge in [-0.3, -0.25) is 0 Å². The number of ether oxygens (including phenoxy) is 1. The van der Waals surface area contributed by atoms with Gasteiger partial charge in [0.05, 0.1) is 6.04 Å². The summed E-state index contributed by atoms with van der Waals surface area (Å²) in [4.78, 5) is 18.8. The Morgan fingerprint density at radius 1 is 1.19 bits per heavy atom. The van der Waals surface area contributed by atoms with Crippen molar-refractivity contribution >= 4 is 37.9 Å². The Morgan fingerprint density at radius 2 is 1.88 bits per heavy atom. The molecule has 1 amide bonds. The van der Waals surface area contributed by atoms with Crippen LogP contribution in [-0.2, 0) is 14.8 Å². The number of halogens is 1. The van der Waals surface area contributed by atoms with E-state index in [0.717, 1.165) is 12.8 Å². The molecule has 2 saturated heterocycles. The third-order valence-electron chi connectivity index (χ3n) is 5.80. The fraction of sp³-hybridized carbons (Fsp3) is 0.727. The van der Waals surface area contributed by atoms with E-state index in [9.17, 15) is 13.2 Å². The summed E-state index contributed by atoms with van der Waals surface area (Å²) in [6.45, 7) is 13.3. The molecule has 32 heavy (non-hydrogen) atoms. The van der Waals surface area contributed by atoms with E-state index in [1.165, 1.54) is 0 Å². The van der Waals surface area contributed by atoms with Crippen molar-refractivity contribution in [1.29, 1.82) is 0 Å². The number of hydrogen-bond donors (Lipinski definition) is 1. The minimum atomic E-state index is -3.74. The number of carbonyl (C=O) groups is 1. The van der Waals surface area contributed by atoms with Crippen LogP contribution in [0, 0.1) is 5.41 Å². The number of pyridine rings is 1. The standard InChI is InChI=1S/C22H35BrN4O4S/c1-21(2,3)18-8-7-10-27(18)32(29,30)17-12-15(23)13-24-19(17)26-11-9-16(14-26)25-20(28)31-22(4,5)6/h12-13,16,18H,7-11,14H2,1-6H3,(H,25,28)/t16-,18?/m0/s1. The quantitative estimate of drug-likeness (QED) is 0.628. The lowest BCUT2D eigenvalue weighted by Crippen LogP contribution is -2.43. The maximum atomic E-state index is 13.8. The highest BCUT2D eigenvalue weighted by Crippen LogP contribution is 2.39. The van der Waals surface area contributed by atoms with E-state index in [1.807, 2.05) is 25.7 Å². The minimum Gasteiger partial charge on any atom is -0.444 e. The highest BCUT2D eigenvalue weighted by atomic mass is 79.9. The van der Waals surface area contributed by atoms with Crippen LogP contribution in [0.3, 0.4) is 0 Å². The van der Waals surface area contributed by atoms with Crippen LogP contribution in [0.15, 0.2) is 21.6 Å². The first kappa shape index (κ1) is 25.2. The zero-order chi connectivity index (χ0) is 23.9. The molecule has 180 valence electrons. The van der Waals surface area contributed by atoms with E-state index in [0.29, 0.717) is 36.3 Å². The van der Waals surface area contributed by atoms with Gasteiger partial charge in [-0.15, -0.1) is 0 Å². The molecule has 3 heterocycles. The van der Waals surface area contributed by atoms with Crippen LogP contribution in [-0.4, -0.2) is 61.1 Å². The summed E-state index contributed by atoms with van der Waals surface area (Å²) in [5.74, 6) is 0.432. The van der Waals surface area contributed by atoms with E-state index in [1.54, 1.807) is 16.6 Å². The van der Waals surface area contributed by atoms with E-state index < -0.39 is 21.7 Å². The molecule has 1 aromatic rings. The Kier molecular flexibility index (Phi) is 7.18. The first-order valence-corrected chi connectivity index (χ1v) is 13.3. The van der Waals surface area contributed by atoms with Crippen molar-refractivity contribution in [3.05, 3.63) is 16.7 Å². The smallest absolute Gasteiger partial charge is 0.407 e. The monoisotopic (exact) mass is 530 g/mol. The molecule has 0 aromatic carbocycles. The molecular formula is C22H35BrN4O4S. The lowest BCUT2D eigenvalue weighted by molar-refractivity contribution is 0.0509. The molecule has 3 rings (SSSR count). The van der Waals surface area contributed by atoms with Crippen molar-refractivity contribution in [2.24, 2.45) is 5.41 Å². The predicted molar refractivity (Wildman–Crippen MR) is 128 cm³/mol. The molecule has 2 atom stereocenters. The van der Waals surface area contributed by atoms with Crippen molar-refractivity contribution in [3.8, 4) is 0 Å². The number of amides is 1. The molecule has 2 aliphatic heterocycles. The van der Waals surface area contributed by atoms with Gasteiger partial charge in [0.1, 0.15) is 16.3 Å². The second-order valence-electron chi connectivity index (χ2n) is 10.7. The van der Waals surface area contributed by atoms with Crippen LogP contribution < -0.4 is 10.2 Å². The Labute approximate surface area is 200 Å². The average Bonchev–Trinajstić information content (AvgIpc) is 3.29. The number of alkyl carbamates (subject to hydrolysis) is 1. The molecule has 10 heteroatoms. The molecule has 1 unspecified atom stereocenters. The molecule has 0 radical (unpaired) electrons. The molecule has 2 fully saturated rings. The van der Waals surface area contributed by atoms with Crippen molar-refractivity contribution in [2.75, 3.05) is 24.5 Å². The number of sulfonamides is 1. The highest BCUT2D eigenvalue weighted by Gasteiger charge is 2.43. The van der Waals surface area contributed by atoms with Crippen LogP contribution in [0.5, 0.6) is 0 Å². The lowest BCUT2D eigenvalue weighted by Gasteiger charge is -2.35. The number of hydrogen-bond acceptors (Lipinski definition) is 6. The van der Waals surface area contributed by atoms with Gasteiger partial charge in [0.25, 0.3) is 0 Å². The number of nitrogens with one attached hydrogen (secondary N) is 1. The van der Waals surface area contributed by atoms with Crippen molar-refractivity contribution in [2.45, 2.75) is 83.4 Å². The summed E-state index contributed by atoms with van der Waals surface area (Å²) >= 11 is 3.40. The van der Waals surface area contributed by atoms with Crippen molar-refractivity contribution < 1.29 is 17.9 Å². The van der Waals surface area contributed by atoms with Gasteiger partial charge < -0.3 is 15.0 Å². The third-order valence-corrected chi connectivity index (χ3v) is 8.14. The first-order chi connectivity index (χ1) is 14.7. The van der Waals surface area contributed by atoms with Gasteiger partial charge >= 0.3 is 6.09 Å². The molecule has 8 nitrogen and oxygen atoms in total. The largest absolute Gasteiger partial charge is 0.444 e. The summed E-state index contributed by atoms with van der Waals surface area (Å²) in [6.07, 6.45) is 3.54. The lowest BCUT2D eigenvalue weighted by atomic mass is 9.86. The van der Waals surface area contributed by atoms with Gasteiger partial charge in [0.15, 0.2) is 0 Å². The highest BCUT2D eigenvalue weighted by molar-refractivity contribution is 9.10. The second kappa shape index (κ2) is 9.10. The van der Waals surface area contributed by atoms with E-state index in [4.69, 9.17) is 4.74 Å². The summed E-state index contributed by atoms with van der Waals surface area (Å²) in [6, 6.07) is 1.45. The summed E-state index contributed by atoms with van der Waals surface area (Å²) in [5, 5.41) is 2.89. The van der Waals surface area contributed by atoms with Crippen molar-refractivity contribution in [1.82, 2.24) is 14.6 Å². The van der Waals surface area contributed by atoms with Crippen LogP contribution in [0.25, 0.3) is 0 Å². The molecule has 0 bridgehead atoms. The summed E-state index contributed by atoms with van der Waals surface area (Å²) in [5.41, 5.74) is -0.727. The molecule has 1 N–H and O–H groups in total. The molecule has 0 aliphatic carbocycles. The minimum absolute atomic E-state index is 0.0560. The SMILES string of the molecule is CC(C)(C)OC(=O)N[C@H]1CCN(c2ncc(Br)cc2S(=O)(=O)N2CCCC2C(C)(C)C)C1. The number of carbonyl (C=O) groups excluding carboxylic acids is 1. The van der Waals surface area contributed by atoms with Gasteiger partial charge in [-0.1, -0.05) is 20.8 Å². The molecule has 1 aromatic heterocycles. The maximum Gasteiger partial charge on any atom is 0.407 e. The summed E-state index contributed by atoms with van der Waals surface area (Å²) in [7, 11) is -3.74. The molecule has 0 spiro atoms. The van der Waals surface area contributed by atoms with Crippen LogP contribution in [0.4, 0.5) is 10.6 Å². The molecule has 2 aliphatic rings. The van der Waals surface area contributed by atoms with Gasteiger partial charge in [0, 0.05) is 36.3 Å². The zero-order valence-corrected chi connectivity index (χ0v) is 22.2. The van der Waals surface area contributed by atoms with Gasteiger partial charge in [-0.05, 0) is 67.4 Å². The first-order valence-electron chi connectivity index (χ1n) is 11.1. The Morgan fingerprint density at radius 3 is 2.50 bits per heavy atom. The number of aromatic nitrogens is 1. The van der Waals surface area contributed by atoms with Gasteiger partial charge in [0.2, 0.25) is 10.0 Å². The average molecular weight is 532 g/mol. The van der Waals surface area contributed by atoms with Gasteiger partial charge in [-0.25, -0.2) is 18.2 Å². The number of anilines is 1. The van der Waals surface area contributed by atoms with Crippen molar-refractivity contribution in [3.63, 3.8) is 0 Å². The Bertz CT molecular complexity index is 956. The molecule has 0 saturated carbocycles. The van der Waals surface area contributed by atoms with Crippen LogP contribution in [0.2, 0.25) is 0 Å². The van der Waals surface area contributed by atoms with Crippen LogP contribution >= 0.6 is 15.9 Å². The second-order valence-corrected chi connectivity index (χ2v) is 13.5. The van der Waals surface area contributed by atoms with E-state index >= 15 is 0 Å². The van der Waals surface area contributed by atoms with E-state index in [-0.39, 0.29) is 22.4 Å². The molecular weight excluding hydrogens is 496 g/mol. The fourth-order valence-electron chi connectivity index (χ4n) is 4.40. The maximum absolute atomic E-state index is 13.8. The number of rotatable bonds is 4. The zero-order valence-electron chi connectivity index (χ0n) is 19.8. The topological polar surface area (TPSA) is 91.8 Å². The van der Waals surface area contributed by atoms with Crippen LogP contribution in [0.1, 0.15) is 60.8 Å². The Hall–Kier alpha value is -1.39. The van der Waals surface area contributed by atoms with Gasteiger partial charge in [-0.2, -0.15) is 4.31 Å². The number of nitrogens with zero attached hydrogens (tertiary/aromatic N) is 3. The summed E-state index contributed by atoms with van der Waals surface area (Å²) < 4.78 is 35.2. The Balaban J connectivity index is 1.84. The predicted octanol–water partition coefficient (Wildman–Crippen LogP) is 4.15.